The molecule has 2 aromatic heterocycles. The van der Waals surface area contributed by atoms with Gasteiger partial charge in [-0.2, -0.15) is 0 Å². The van der Waals surface area contributed by atoms with Crippen molar-refractivity contribution in [2.45, 2.75) is 6.04 Å². The monoisotopic (exact) mass is 348 g/mol. The molecule has 4 rings (SSSR count). The second kappa shape index (κ2) is 6.49. The Kier molecular flexibility index (Phi) is 4.03. The van der Waals surface area contributed by atoms with Crippen LogP contribution >= 0.6 is 11.3 Å². The molecule has 1 N–H and O–H groups in total. The zero-order chi connectivity index (χ0) is 17.2. The summed E-state index contributed by atoms with van der Waals surface area (Å²) in [6.45, 7) is 0. The minimum Gasteiger partial charge on any atom is -0.337 e. The lowest BCUT2D eigenvalue weighted by atomic mass is 10.1. The molecule has 0 aliphatic heterocycles. The predicted molar refractivity (Wildman–Crippen MR) is 98.6 cm³/mol. The lowest BCUT2D eigenvalue weighted by Crippen LogP contribution is -2.31. The molecule has 5 nitrogen and oxygen atoms in total. The summed E-state index contributed by atoms with van der Waals surface area (Å²) < 4.78 is 2.02. The van der Waals surface area contributed by atoms with Crippen LogP contribution in [0.5, 0.6) is 0 Å². The van der Waals surface area contributed by atoms with Gasteiger partial charge in [-0.05, 0) is 17.7 Å². The molecule has 0 aliphatic carbocycles. The Balaban J connectivity index is 1.79. The number of para-hydroxylation sites is 2. The van der Waals surface area contributed by atoms with Crippen LogP contribution in [0, 0.1) is 0 Å². The molecule has 0 spiro atoms. The molecule has 1 amide bonds. The van der Waals surface area contributed by atoms with Crippen LogP contribution in [0.1, 0.15) is 27.9 Å². The second-order valence-corrected chi connectivity index (χ2v) is 6.43. The zero-order valence-electron chi connectivity index (χ0n) is 13.6. The topological polar surface area (TPSA) is 59.8 Å². The third-order valence-corrected chi connectivity index (χ3v) is 4.74. The van der Waals surface area contributed by atoms with Crippen molar-refractivity contribution >= 4 is 28.3 Å². The standard InChI is InChI=1S/C19H16N4OS/c1-23-16-10-6-5-9-14(16)21-18(23)17(13-7-3-2-4-8-13)22-19(24)15-11-25-12-20-15/h2-12,17H,1H3,(H,22,24). The fraction of sp³-hybridized carbons (Fsp3) is 0.105. The van der Waals surface area contributed by atoms with Crippen molar-refractivity contribution in [3.05, 3.63) is 82.6 Å². The average molecular weight is 348 g/mol. The van der Waals surface area contributed by atoms with Crippen LogP contribution in [0.4, 0.5) is 0 Å². The van der Waals surface area contributed by atoms with E-state index in [9.17, 15) is 4.79 Å². The van der Waals surface area contributed by atoms with Gasteiger partial charge >= 0.3 is 0 Å². The Morgan fingerprint density at radius 1 is 1.12 bits per heavy atom. The van der Waals surface area contributed by atoms with E-state index in [4.69, 9.17) is 4.98 Å². The number of nitrogens with one attached hydrogen (secondary N) is 1. The number of carbonyl (C=O) groups is 1. The molecule has 124 valence electrons. The van der Waals surface area contributed by atoms with Crippen molar-refractivity contribution in [2.75, 3.05) is 0 Å². The van der Waals surface area contributed by atoms with Crippen LogP contribution < -0.4 is 5.32 Å². The molecule has 0 fully saturated rings. The van der Waals surface area contributed by atoms with Gasteiger partial charge in [0.15, 0.2) is 0 Å². The molecule has 4 aromatic rings. The van der Waals surface area contributed by atoms with Crippen LogP contribution in [0.2, 0.25) is 0 Å². The van der Waals surface area contributed by atoms with Crippen molar-refractivity contribution in [3.8, 4) is 0 Å². The first-order valence-electron chi connectivity index (χ1n) is 7.89. The van der Waals surface area contributed by atoms with Gasteiger partial charge in [0.1, 0.15) is 17.6 Å². The summed E-state index contributed by atoms with van der Waals surface area (Å²) in [5.74, 6) is 0.582. The number of imidazole rings is 1. The van der Waals surface area contributed by atoms with E-state index in [2.05, 4.69) is 10.3 Å². The summed E-state index contributed by atoms with van der Waals surface area (Å²) in [4.78, 5) is 21.4. The molecule has 2 heterocycles. The van der Waals surface area contributed by atoms with Crippen LogP contribution in [0.3, 0.4) is 0 Å². The van der Waals surface area contributed by atoms with E-state index in [-0.39, 0.29) is 11.9 Å². The molecule has 0 aliphatic rings. The summed E-state index contributed by atoms with van der Waals surface area (Å²) in [5, 5.41) is 4.82. The predicted octanol–water partition coefficient (Wildman–Crippen LogP) is 3.55. The summed E-state index contributed by atoms with van der Waals surface area (Å²) in [7, 11) is 1.97. The van der Waals surface area contributed by atoms with Crippen molar-refractivity contribution < 1.29 is 4.79 Å². The molecule has 0 radical (unpaired) electrons. The van der Waals surface area contributed by atoms with Gasteiger partial charge in [-0.25, -0.2) is 9.97 Å². The molecule has 2 aromatic carbocycles. The molecule has 25 heavy (non-hydrogen) atoms. The molecule has 0 saturated heterocycles. The number of fused-ring (bicyclic) bond motifs is 1. The highest BCUT2D eigenvalue weighted by atomic mass is 32.1. The minimum absolute atomic E-state index is 0.206. The number of aromatic nitrogens is 3. The Hall–Kier alpha value is -2.99. The van der Waals surface area contributed by atoms with Crippen molar-refractivity contribution in [3.63, 3.8) is 0 Å². The summed E-state index contributed by atoms with van der Waals surface area (Å²) >= 11 is 1.40. The van der Waals surface area contributed by atoms with E-state index in [0.717, 1.165) is 22.4 Å². The fourth-order valence-electron chi connectivity index (χ4n) is 2.89. The zero-order valence-corrected chi connectivity index (χ0v) is 14.4. The highest BCUT2D eigenvalue weighted by molar-refractivity contribution is 7.07. The van der Waals surface area contributed by atoms with Gasteiger partial charge in [0.05, 0.1) is 16.5 Å². The molecule has 1 atom stereocenters. The quantitative estimate of drug-likeness (QED) is 0.613. The van der Waals surface area contributed by atoms with Crippen molar-refractivity contribution in [1.29, 1.82) is 0 Å². The van der Waals surface area contributed by atoms with E-state index in [1.165, 1.54) is 11.3 Å². The van der Waals surface area contributed by atoms with E-state index in [1.807, 2.05) is 66.2 Å². The van der Waals surface area contributed by atoms with Gasteiger partial charge < -0.3 is 9.88 Å². The largest absolute Gasteiger partial charge is 0.337 e. The summed E-state index contributed by atoms with van der Waals surface area (Å²) in [5.41, 5.74) is 4.99. The van der Waals surface area contributed by atoms with Gasteiger partial charge in [0.2, 0.25) is 0 Å². The van der Waals surface area contributed by atoms with Crippen LogP contribution in [-0.2, 0) is 7.05 Å². The first kappa shape index (κ1) is 15.5. The second-order valence-electron chi connectivity index (χ2n) is 5.71. The van der Waals surface area contributed by atoms with Gasteiger partial charge in [-0.3, -0.25) is 4.79 Å². The first-order valence-corrected chi connectivity index (χ1v) is 8.83. The van der Waals surface area contributed by atoms with Gasteiger partial charge in [-0.1, -0.05) is 42.5 Å². The lowest BCUT2D eigenvalue weighted by Gasteiger charge is -2.18. The fourth-order valence-corrected chi connectivity index (χ4v) is 3.43. The Labute approximate surface area is 149 Å². The Morgan fingerprint density at radius 3 is 2.60 bits per heavy atom. The van der Waals surface area contributed by atoms with E-state index in [1.54, 1.807) is 10.9 Å². The molecule has 0 saturated carbocycles. The normalized spacial score (nSPS) is 12.2. The number of hydrogen-bond donors (Lipinski definition) is 1. The lowest BCUT2D eigenvalue weighted by molar-refractivity contribution is 0.0937. The number of thiazole rings is 1. The summed E-state index contributed by atoms with van der Waals surface area (Å²) in [6, 6.07) is 17.4. The van der Waals surface area contributed by atoms with Gasteiger partial charge in [-0.15, -0.1) is 11.3 Å². The number of hydrogen-bond acceptors (Lipinski definition) is 4. The highest BCUT2D eigenvalue weighted by Gasteiger charge is 2.23. The highest BCUT2D eigenvalue weighted by Crippen LogP contribution is 2.25. The molecular formula is C19H16N4OS. The molecule has 1 unspecified atom stereocenters. The molecule has 0 bridgehead atoms. The van der Waals surface area contributed by atoms with Crippen molar-refractivity contribution in [2.24, 2.45) is 7.05 Å². The van der Waals surface area contributed by atoms with Crippen LogP contribution in [-0.4, -0.2) is 20.4 Å². The average Bonchev–Trinajstić information content (AvgIpc) is 3.29. The van der Waals surface area contributed by atoms with E-state index in [0.29, 0.717) is 5.69 Å². The Morgan fingerprint density at radius 2 is 1.88 bits per heavy atom. The number of nitrogens with zero attached hydrogens (tertiary/aromatic N) is 3. The molecule has 6 heteroatoms. The summed E-state index contributed by atoms with van der Waals surface area (Å²) in [6.07, 6.45) is 0. The van der Waals surface area contributed by atoms with E-state index < -0.39 is 0 Å². The van der Waals surface area contributed by atoms with Crippen LogP contribution in [0.15, 0.2) is 65.5 Å². The minimum atomic E-state index is -0.354. The first-order chi connectivity index (χ1) is 12.2. The Bertz CT molecular complexity index is 1010. The SMILES string of the molecule is Cn1c(C(NC(=O)c2cscn2)c2ccccc2)nc2ccccc21. The van der Waals surface area contributed by atoms with Crippen LogP contribution in [0.25, 0.3) is 11.0 Å². The van der Waals surface area contributed by atoms with Gasteiger partial charge in [0.25, 0.3) is 5.91 Å². The third-order valence-electron chi connectivity index (χ3n) is 4.15. The number of benzene rings is 2. The van der Waals surface area contributed by atoms with E-state index >= 15 is 0 Å². The van der Waals surface area contributed by atoms with Crippen molar-refractivity contribution in [1.82, 2.24) is 19.9 Å². The third kappa shape index (κ3) is 2.92. The maximum atomic E-state index is 12.6. The maximum absolute atomic E-state index is 12.6. The number of amides is 1. The molecular weight excluding hydrogens is 332 g/mol. The number of rotatable bonds is 4. The maximum Gasteiger partial charge on any atom is 0.271 e. The smallest absolute Gasteiger partial charge is 0.271 e. The van der Waals surface area contributed by atoms with Gasteiger partial charge in [0, 0.05) is 12.4 Å². The number of aryl methyl sites for hydroxylation is 1. The number of carbonyl (C=O) groups excluding carboxylic acids is 1.